The predicted molar refractivity (Wildman–Crippen MR) is 236 cm³/mol. The van der Waals surface area contributed by atoms with Gasteiger partial charge in [0.05, 0.1) is 48.6 Å². The summed E-state index contributed by atoms with van der Waals surface area (Å²) in [6.45, 7) is 12.5. The van der Waals surface area contributed by atoms with Crippen LogP contribution >= 0.6 is 0 Å². The van der Waals surface area contributed by atoms with Gasteiger partial charge in [0, 0.05) is 33.8 Å². The summed E-state index contributed by atoms with van der Waals surface area (Å²) in [5.41, 5.74) is 4.24. The predicted octanol–water partition coefficient (Wildman–Crippen LogP) is 9.23. The van der Waals surface area contributed by atoms with Crippen molar-refractivity contribution in [2.75, 3.05) is 42.4 Å². The average Bonchev–Trinajstić information content (AvgIpc) is 3.25. The molecule has 61 heavy (non-hydrogen) atoms. The van der Waals surface area contributed by atoms with Gasteiger partial charge in [-0.05, 0) is 110 Å². The number of halogens is 1. The molecule has 0 radical (unpaired) electrons. The third-order valence-electron chi connectivity index (χ3n) is 10.1. The molecule has 1 fully saturated rings. The Morgan fingerprint density at radius 3 is 1.87 bits per heavy atom. The molecule has 5 aromatic rings. The zero-order valence-corrected chi connectivity index (χ0v) is 35.1. The topological polar surface area (TPSA) is 160 Å². The van der Waals surface area contributed by atoms with Crippen LogP contribution in [0.25, 0.3) is 10.9 Å². The van der Waals surface area contributed by atoms with Crippen LogP contribution in [0.1, 0.15) is 84.5 Å². The molecule has 320 valence electrons. The number of aliphatic hydroxyl groups excluding tert-OH is 1. The summed E-state index contributed by atoms with van der Waals surface area (Å²) in [6.07, 6.45) is 5.18. The van der Waals surface area contributed by atoms with Crippen LogP contribution in [0, 0.1) is 23.6 Å². The maximum Gasteiger partial charge on any atom is 0.255 e. The number of carbonyl (C=O) groups excluding carboxylic acids is 3. The first kappa shape index (κ1) is 44.1. The SMILES string of the molecule is C=C(Nc1cnc2ccccc2c1)C1CCC(NC(=O)c2ccc(NC(=O)c3ccc(NC(=O)c4ccc(F)c(OCCO)c4)c(OCC(C)C)c3)c(OCC(C)C)c2)CC1. The number of aromatic nitrogens is 1. The quantitative estimate of drug-likeness (QED) is 0.0580. The van der Waals surface area contributed by atoms with E-state index in [0.29, 0.717) is 35.9 Å². The molecule has 1 aromatic heterocycles. The molecule has 6 rings (SSSR count). The van der Waals surface area contributed by atoms with E-state index in [2.05, 4.69) is 38.9 Å². The molecule has 1 aliphatic rings. The van der Waals surface area contributed by atoms with Gasteiger partial charge >= 0.3 is 0 Å². The van der Waals surface area contributed by atoms with Crippen molar-refractivity contribution in [3.8, 4) is 17.2 Å². The lowest BCUT2D eigenvalue weighted by Gasteiger charge is -2.30. The summed E-state index contributed by atoms with van der Waals surface area (Å²) in [5.74, 6) is -0.897. The van der Waals surface area contributed by atoms with Crippen LogP contribution in [0.15, 0.2) is 103 Å². The van der Waals surface area contributed by atoms with Crippen molar-refractivity contribution in [3.05, 3.63) is 126 Å². The lowest BCUT2D eigenvalue weighted by atomic mass is 9.84. The summed E-state index contributed by atoms with van der Waals surface area (Å²) in [7, 11) is 0. The maximum atomic E-state index is 14.2. The number of fused-ring (bicyclic) bond motifs is 1. The zero-order chi connectivity index (χ0) is 43.5. The Labute approximate surface area is 355 Å². The van der Waals surface area contributed by atoms with E-state index in [4.69, 9.17) is 19.3 Å². The molecule has 1 saturated carbocycles. The van der Waals surface area contributed by atoms with Crippen LogP contribution in [-0.2, 0) is 0 Å². The van der Waals surface area contributed by atoms with E-state index in [9.17, 15) is 18.8 Å². The highest BCUT2D eigenvalue weighted by atomic mass is 19.1. The molecule has 0 spiro atoms. The van der Waals surface area contributed by atoms with Crippen LogP contribution in [0.5, 0.6) is 17.2 Å². The molecule has 0 bridgehead atoms. The fourth-order valence-corrected chi connectivity index (χ4v) is 6.87. The Morgan fingerprint density at radius 1 is 0.721 bits per heavy atom. The van der Waals surface area contributed by atoms with Crippen LogP contribution in [0.3, 0.4) is 0 Å². The summed E-state index contributed by atoms with van der Waals surface area (Å²) in [4.78, 5) is 45.1. The lowest BCUT2D eigenvalue weighted by Crippen LogP contribution is -2.38. The molecule has 13 heteroatoms. The second-order valence-corrected chi connectivity index (χ2v) is 16.0. The standard InChI is InChI=1S/C48H54FN5O7/c1-29(2)27-60-44-24-35(46(56)52-37-15-10-32(11-16-37)31(5)51-38-22-33-8-6-7-9-40(33)50-26-38)13-18-41(44)54-48(58)36-14-19-42(45(25-36)61-28-30(3)4)53-47(57)34-12-17-39(49)43(23-34)59-21-20-55/h6-9,12-14,17-19,22-26,29-30,32,37,51,55H,5,10-11,15-16,20-21,27-28H2,1-4H3,(H,52,56)(H,53,57)(H,54,58). The third-order valence-corrected chi connectivity index (χ3v) is 10.1. The lowest BCUT2D eigenvalue weighted by molar-refractivity contribution is 0.0922. The number of aliphatic hydroxyl groups is 1. The molecule has 0 unspecified atom stereocenters. The minimum Gasteiger partial charge on any atom is -0.491 e. The first-order valence-electron chi connectivity index (χ1n) is 20.7. The summed E-state index contributed by atoms with van der Waals surface area (Å²) in [5, 5.41) is 22.5. The van der Waals surface area contributed by atoms with E-state index >= 15 is 0 Å². The smallest absolute Gasteiger partial charge is 0.255 e. The molecule has 1 heterocycles. The van der Waals surface area contributed by atoms with E-state index in [1.165, 1.54) is 18.2 Å². The number of carbonyl (C=O) groups is 3. The normalized spacial score (nSPS) is 15.0. The number of pyridine rings is 1. The van der Waals surface area contributed by atoms with E-state index < -0.39 is 17.6 Å². The van der Waals surface area contributed by atoms with Crippen LogP contribution in [0.4, 0.5) is 21.5 Å². The van der Waals surface area contributed by atoms with Gasteiger partial charge < -0.3 is 40.6 Å². The Morgan fingerprint density at radius 2 is 1.28 bits per heavy atom. The number of rotatable bonds is 18. The van der Waals surface area contributed by atoms with Crippen molar-refractivity contribution in [2.24, 2.45) is 17.8 Å². The van der Waals surface area contributed by atoms with E-state index in [0.717, 1.165) is 54.0 Å². The number of amides is 3. The van der Waals surface area contributed by atoms with Gasteiger partial charge in [0.25, 0.3) is 17.7 Å². The number of anilines is 3. The molecule has 1 aliphatic carbocycles. The number of ether oxygens (including phenoxy) is 3. The van der Waals surface area contributed by atoms with E-state index in [1.54, 1.807) is 30.3 Å². The van der Waals surface area contributed by atoms with Crippen molar-refractivity contribution in [3.63, 3.8) is 0 Å². The van der Waals surface area contributed by atoms with Gasteiger partial charge in [-0.25, -0.2) is 4.39 Å². The Hall–Kier alpha value is -6.47. The van der Waals surface area contributed by atoms with E-state index in [1.807, 2.05) is 58.2 Å². The van der Waals surface area contributed by atoms with Crippen molar-refractivity contribution in [1.82, 2.24) is 10.3 Å². The summed E-state index contributed by atoms with van der Waals surface area (Å²) >= 11 is 0. The molecule has 0 atom stereocenters. The number of para-hydroxylation sites is 1. The fraction of sp³-hybridized carbons (Fsp3) is 0.333. The van der Waals surface area contributed by atoms with Gasteiger partial charge in [-0.1, -0.05) is 52.5 Å². The second-order valence-electron chi connectivity index (χ2n) is 16.0. The van der Waals surface area contributed by atoms with Gasteiger partial charge in [0.1, 0.15) is 18.1 Å². The van der Waals surface area contributed by atoms with Gasteiger partial charge in [-0.3, -0.25) is 19.4 Å². The molecular weight excluding hydrogens is 778 g/mol. The number of nitrogens with zero attached hydrogens (tertiary/aromatic N) is 1. The monoisotopic (exact) mass is 831 g/mol. The molecular formula is C48H54FN5O7. The Bertz CT molecular complexity index is 2360. The minimum absolute atomic E-state index is 0.00258. The van der Waals surface area contributed by atoms with Crippen LogP contribution < -0.4 is 35.5 Å². The van der Waals surface area contributed by atoms with Gasteiger partial charge in [0.2, 0.25) is 0 Å². The zero-order valence-electron chi connectivity index (χ0n) is 35.1. The van der Waals surface area contributed by atoms with Gasteiger partial charge in [-0.15, -0.1) is 0 Å². The van der Waals surface area contributed by atoms with Crippen LogP contribution in [-0.4, -0.2) is 60.3 Å². The highest BCUT2D eigenvalue weighted by Crippen LogP contribution is 2.33. The Balaban J connectivity index is 1.10. The molecule has 0 aliphatic heterocycles. The van der Waals surface area contributed by atoms with Gasteiger partial charge in [-0.2, -0.15) is 0 Å². The number of hydrogen-bond acceptors (Lipinski definition) is 9. The Kier molecular flexibility index (Phi) is 14.9. The summed E-state index contributed by atoms with van der Waals surface area (Å²) < 4.78 is 31.6. The first-order chi connectivity index (χ1) is 29.4. The molecule has 0 saturated heterocycles. The fourth-order valence-electron chi connectivity index (χ4n) is 6.87. The molecule has 5 N–H and O–H groups in total. The number of benzene rings is 4. The van der Waals surface area contributed by atoms with Crippen molar-refractivity contribution >= 4 is 45.7 Å². The first-order valence-corrected chi connectivity index (χ1v) is 20.7. The highest BCUT2D eigenvalue weighted by molar-refractivity contribution is 6.08. The number of nitrogens with one attached hydrogen (secondary N) is 4. The van der Waals surface area contributed by atoms with Crippen molar-refractivity contribution in [2.45, 2.75) is 59.4 Å². The second kappa shape index (κ2) is 20.7. The van der Waals surface area contributed by atoms with Crippen LogP contribution in [0.2, 0.25) is 0 Å². The molecule has 12 nitrogen and oxygen atoms in total. The maximum absolute atomic E-state index is 14.2. The highest BCUT2D eigenvalue weighted by Gasteiger charge is 2.26. The molecule has 4 aromatic carbocycles. The third kappa shape index (κ3) is 12.1. The van der Waals surface area contributed by atoms with Gasteiger partial charge in [0.15, 0.2) is 11.6 Å². The molecule has 3 amide bonds. The summed E-state index contributed by atoms with van der Waals surface area (Å²) in [6, 6.07) is 23.3. The number of allylic oxidation sites excluding steroid dienone is 1. The minimum atomic E-state index is -0.669. The van der Waals surface area contributed by atoms with Crippen molar-refractivity contribution in [1.29, 1.82) is 0 Å². The number of hydrogen-bond donors (Lipinski definition) is 5. The van der Waals surface area contributed by atoms with Crippen molar-refractivity contribution < 1.29 is 38.1 Å². The largest absolute Gasteiger partial charge is 0.491 e. The van der Waals surface area contributed by atoms with E-state index in [-0.39, 0.29) is 65.5 Å². The average molecular weight is 832 g/mol.